The van der Waals surface area contributed by atoms with Gasteiger partial charge in [-0.15, -0.1) is 0 Å². The molecule has 0 unspecified atom stereocenters. The molecule has 0 aliphatic carbocycles. The van der Waals surface area contributed by atoms with Crippen LogP contribution in [0.1, 0.15) is 10.5 Å². The fourth-order valence-corrected chi connectivity index (χ4v) is 3.45. The van der Waals surface area contributed by atoms with Gasteiger partial charge in [0.25, 0.3) is 15.9 Å². The van der Waals surface area contributed by atoms with Gasteiger partial charge in [-0.05, 0) is 42.5 Å². The van der Waals surface area contributed by atoms with E-state index in [0.29, 0.717) is 11.4 Å². The summed E-state index contributed by atoms with van der Waals surface area (Å²) in [6.07, 6.45) is 4.18. The Labute approximate surface area is 158 Å². The fraction of sp³-hybridized carbons (Fsp3) is 0. The number of amides is 1. The smallest absolute Gasteiger partial charge is 0.275 e. The van der Waals surface area contributed by atoms with Gasteiger partial charge in [0.15, 0.2) is 0 Å². The lowest BCUT2D eigenvalue weighted by Crippen LogP contribution is -2.16. The Balaban J connectivity index is 1.79. The molecule has 132 valence electrons. The van der Waals surface area contributed by atoms with E-state index in [9.17, 15) is 13.2 Å². The van der Waals surface area contributed by atoms with Gasteiger partial charge in [0, 0.05) is 28.2 Å². The quantitative estimate of drug-likeness (QED) is 0.643. The van der Waals surface area contributed by atoms with E-state index in [2.05, 4.69) is 35.9 Å². The van der Waals surface area contributed by atoms with Crippen LogP contribution in [0.2, 0.25) is 0 Å². The van der Waals surface area contributed by atoms with Gasteiger partial charge >= 0.3 is 0 Å². The fourth-order valence-electron chi connectivity index (χ4n) is 2.08. The van der Waals surface area contributed by atoms with Crippen molar-refractivity contribution in [3.63, 3.8) is 0 Å². The van der Waals surface area contributed by atoms with Crippen LogP contribution in [0, 0.1) is 0 Å². The van der Waals surface area contributed by atoms with Crippen LogP contribution in [-0.4, -0.2) is 24.3 Å². The SMILES string of the molecule is O=C(Nc1cccc(S(=O)(=O)Nc2ccc(Br)cc2)c1)c1cnccn1. The average molecular weight is 433 g/mol. The van der Waals surface area contributed by atoms with Crippen molar-refractivity contribution in [1.82, 2.24) is 9.97 Å². The number of rotatable bonds is 5. The van der Waals surface area contributed by atoms with E-state index >= 15 is 0 Å². The average Bonchev–Trinajstić information content (AvgIpc) is 2.64. The number of carbonyl (C=O) groups is 1. The maximum Gasteiger partial charge on any atom is 0.275 e. The van der Waals surface area contributed by atoms with Gasteiger partial charge in [0.2, 0.25) is 0 Å². The number of halogens is 1. The molecule has 0 fully saturated rings. The lowest BCUT2D eigenvalue weighted by Gasteiger charge is -2.10. The zero-order chi connectivity index (χ0) is 18.6. The number of sulfonamides is 1. The van der Waals surface area contributed by atoms with Crippen LogP contribution in [-0.2, 0) is 10.0 Å². The first-order chi connectivity index (χ1) is 12.4. The Kier molecular flexibility index (Phi) is 5.29. The molecule has 0 saturated heterocycles. The number of aromatic nitrogens is 2. The second-order valence-corrected chi connectivity index (χ2v) is 7.78. The highest BCUT2D eigenvalue weighted by molar-refractivity contribution is 9.10. The highest BCUT2D eigenvalue weighted by Crippen LogP contribution is 2.21. The Morgan fingerprint density at radius 3 is 2.46 bits per heavy atom. The number of hydrogen-bond acceptors (Lipinski definition) is 5. The number of benzene rings is 2. The highest BCUT2D eigenvalue weighted by Gasteiger charge is 2.16. The minimum atomic E-state index is -3.79. The predicted molar refractivity (Wildman–Crippen MR) is 101 cm³/mol. The zero-order valence-electron chi connectivity index (χ0n) is 13.3. The van der Waals surface area contributed by atoms with E-state index in [1.807, 2.05) is 0 Å². The Hall–Kier alpha value is -2.78. The second-order valence-electron chi connectivity index (χ2n) is 5.19. The highest BCUT2D eigenvalue weighted by atomic mass is 79.9. The standard InChI is InChI=1S/C17H13BrN4O3S/c18-12-4-6-13(7-5-12)22-26(24,25)15-3-1-2-14(10-15)21-17(23)16-11-19-8-9-20-16/h1-11,22H,(H,21,23). The molecule has 2 aromatic carbocycles. The van der Waals surface area contributed by atoms with Crippen LogP contribution < -0.4 is 10.0 Å². The summed E-state index contributed by atoms with van der Waals surface area (Å²) in [7, 11) is -3.79. The summed E-state index contributed by atoms with van der Waals surface area (Å²) in [6.45, 7) is 0. The molecule has 0 atom stereocenters. The monoisotopic (exact) mass is 432 g/mol. The third kappa shape index (κ3) is 4.44. The molecule has 0 bridgehead atoms. The molecule has 26 heavy (non-hydrogen) atoms. The van der Waals surface area contributed by atoms with E-state index in [4.69, 9.17) is 0 Å². The van der Waals surface area contributed by atoms with Crippen LogP contribution in [0.25, 0.3) is 0 Å². The number of nitrogens with zero attached hydrogens (tertiary/aromatic N) is 2. The summed E-state index contributed by atoms with van der Waals surface area (Å²) in [4.78, 5) is 19.9. The Morgan fingerprint density at radius 1 is 1.00 bits per heavy atom. The summed E-state index contributed by atoms with van der Waals surface area (Å²) >= 11 is 3.29. The van der Waals surface area contributed by atoms with Crippen molar-refractivity contribution in [2.75, 3.05) is 10.0 Å². The van der Waals surface area contributed by atoms with Crippen LogP contribution >= 0.6 is 15.9 Å². The first-order valence-corrected chi connectivity index (χ1v) is 9.67. The first-order valence-electron chi connectivity index (χ1n) is 7.40. The molecular weight excluding hydrogens is 420 g/mol. The molecule has 0 saturated carbocycles. The zero-order valence-corrected chi connectivity index (χ0v) is 15.7. The minimum absolute atomic E-state index is 0.0253. The maximum atomic E-state index is 12.5. The summed E-state index contributed by atoms with van der Waals surface area (Å²) in [5, 5.41) is 2.60. The van der Waals surface area contributed by atoms with Crippen molar-refractivity contribution in [2.24, 2.45) is 0 Å². The number of nitrogens with one attached hydrogen (secondary N) is 2. The molecule has 0 aliphatic rings. The third-order valence-electron chi connectivity index (χ3n) is 3.29. The van der Waals surface area contributed by atoms with Crippen molar-refractivity contribution >= 4 is 43.2 Å². The number of carbonyl (C=O) groups excluding carboxylic acids is 1. The largest absolute Gasteiger partial charge is 0.321 e. The second kappa shape index (κ2) is 7.63. The van der Waals surface area contributed by atoms with Gasteiger partial charge in [0.1, 0.15) is 5.69 Å². The van der Waals surface area contributed by atoms with Crippen molar-refractivity contribution in [3.8, 4) is 0 Å². The van der Waals surface area contributed by atoms with Gasteiger partial charge in [-0.2, -0.15) is 0 Å². The molecule has 0 spiro atoms. The maximum absolute atomic E-state index is 12.5. The van der Waals surface area contributed by atoms with Gasteiger partial charge in [-0.25, -0.2) is 13.4 Å². The molecular formula is C17H13BrN4O3S. The molecule has 1 heterocycles. The van der Waals surface area contributed by atoms with Gasteiger partial charge in [-0.3, -0.25) is 14.5 Å². The van der Waals surface area contributed by atoms with Crippen molar-refractivity contribution in [3.05, 3.63) is 77.3 Å². The third-order valence-corrected chi connectivity index (χ3v) is 5.20. The molecule has 1 aromatic heterocycles. The lowest BCUT2D eigenvalue weighted by molar-refractivity contribution is 0.102. The molecule has 0 aliphatic heterocycles. The van der Waals surface area contributed by atoms with Crippen LogP contribution in [0.5, 0.6) is 0 Å². The molecule has 2 N–H and O–H groups in total. The van der Waals surface area contributed by atoms with Crippen LogP contribution in [0.4, 0.5) is 11.4 Å². The van der Waals surface area contributed by atoms with Gasteiger partial charge in [0.05, 0.1) is 11.1 Å². The van der Waals surface area contributed by atoms with Gasteiger partial charge in [-0.1, -0.05) is 22.0 Å². The minimum Gasteiger partial charge on any atom is -0.321 e. The van der Waals surface area contributed by atoms with Crippen LogP contribution in [0.3, 0.4) is 0 Å². The molecule has 3 rings (SSSR count). The summed E-state index contributed by atoms with van der Waals surface area (Å²) < 4.78 is 28.4. The van der Waals surface area contributed by atoms with E-state index in [1.54, 1.807) is 36.4 Å². The van der Waals surface area contributed by atoms with E-state index < -0.39 is 15.9 Å². The normalized spacial score (nSPS) is 11.0. The van der Waals surface area contributed by atoms with E-state index in [-0.39, 0.29) is 10.6 Å². The Morgan fingerprint density at radius 2 is 1.77 bits per heavy atom. The Bertz CT molecular complexity index is 1030. The molecule has 0 radical (unpaired) electrons. The molecule has 1 amide bonds. The molecule has 9 heteroatoms. The number of hydrogen-bond donors (Lipinski definition) is 2. The van der Waals surface area contributed by atoms with Gasteiger partial charge < -0.3 is 5.32 Å². The van der Waals surface area contributed by atoms with Crippen molar-refractivity contribution < 1.29 is 13.2 Å². The first kappa shape index (κ1) is 18.0. The summed E-state index contributed by atoms with van der Waals surface area (Å²) in [5.41, 5.74) is 0.898. The lowest BCUT2D eigenvalue weighted by atomic mass is 10.3. The van der Waals surface area contributed by atoms with Crippen LogP contribution in [0.15, 0.2) is 76.5 Å². The van der Waals surface area contributed by atoms with E-state index in [0.717, 1.165) is 4.47 Å². The number of anilines is 2. The van der Waals surface area contributed by atoms with Crippen molar-refractivity contribution in [2.45, 2.75) is 4.90 Å². The predicted octanol–water partition coefficient (Wildman–Crippen LogP) is 3.29. The molecule has 3 aromatic rings. The summed E-state index contributed by atoms with van der Waals surface area (Å²) in [5.74, 6) is -0.478. The topological polar surface area (TPSA) is 101 Å². The van der Waals surface area contributed by atoms with Crippen molar-refractivity contribution in [1.29, 1.82) is 0 Å². The molecule has 7 nitrogen and oxygen atoms in total. The summed E-state index contributed by atoms with van der Waals surface area (Å²) in [6, 6.07) is 12.7. The van der Waals surface area contributed by atoms with E-state index in [1.165, 1.54) is 30.7 Å².